The minimum Gasteiger partial charge on any atom is -0.508 e. The Labute approximate surface area is 107 Å². The number of rotatable bonds is 3. The summed E-state index contributed by atoms with van der Waals surface area (Å²) in [4.78, 5) is 27.2. The van der Waals surface area contributed by atoms with Gasteiger partial charge in [0, 0.05) is 23.3 Å². The highest BCUT2D eigenvalue weighted by molar-refractivity contribution is 7.13. The van der Waals surface area contributed by atoms with Gasteiger partial charge in [0.25, 0.3) is 5.56 Å². The van der Waals surface area contributed by atoms with Crippen molar-refractivity contribution in [2.75, 3.05) is 5.32 Å². The molecule has 0 atom stereocenters. The Morgan fingerprint density at radius 1 is 1.56 bits per heavy atom. The highest BCUT2D eigenvalue weighted by Gasteiger charge is 2.09. The van der Waals surface area contributed by atoms with E-state index >= 15 is 0 Å². The lowest BCUT2D eigenvalue weighted by atomic mass is 10.3. The number of carbonyl (C=O) groups excluding carboxylic acids is 1. The second-order valence-corrected chi connectivity index (χ2v) is 4.56. The summed E-state index contributed by atoms with van der Waals surface area (Å²) in [6.45, 7) is 1.54. The van der Waals surface area contributed by atoms with Crippen molar-refractivity contribution in [3.63, 3.8) is 0 Å². The van der Waals surface area contributed by atoms with Crippen LogP contribution in [-0.2, 0) is 11.3 Å². The van der Waals surface area contributed by atoms with Crippen molar-refractivity contribution in [3.8, 4) is 5.75 Å². The summed E-state index contributed by atoms with van der Waals surface area (Å²) in [7, 11) is 0. The zero-order valence-electron chi connectivity index (χ0n) is 9.58. The van der Waals surface area contributed by atoms with Crippen molar-refractivity contribution in [1.29, 1.82) is 0 Å². The fraction of sp³-hybridized carbons (Fsp3) is 0.182. The molecular formula is C11H11N3O3S. The van der Waals surface area contributed by atoms with Crippen molar-refractivity contribution in [3.05, 3.63) is 39.8 Å². The molecule has 2 rings (SSSR count). The number of anilines is 1. The van der Waals surface area contributed by atoms with Crippen LogP contribution in [0.5, 0.6) is 5.75 Å². The lowest BCUT2D eigenvalue weighted by Crippen LogP contribution is -2.28. The number of nitrogens with zero attached hydrogens (tertiary/aromatic N) is 2. The average Bonchev–Trinajstić information content (AvgIpc) is 2.76. The Morgan fingerprint density at radius 3 is 2.94 bits per heavy atom. The zero-order valence-corrected chi connectivity index (χ0v) is 10.4. The molecule has 0 unspecified atom stereocenters. The first-order valence-corrected chi connectivity index (χ1v) is 6.04. The molecule has 0 spiro atoms. The fourth-order valence-electron chi connectivity index (χ4n) is 1.50. The second kappa shape index (κ2) is 5.01. The number of aromatic nitrogens is 2. The van der Waals surface area contributed by atoms with Crippen molar-refractivity contribution in [2.45, 2.75) is 13.5 Å². The monoisotopic (exact) mass is 265 g/mol. The summed E-state index contributed by atoms with van der Waals surface area (Å²) in [5.41, 5.74) is 0.107. The van der Waals surface area contributed by atoms with E-state index < -0.39 is 5.56 Å². The molecule has 0 aliphatic carbocycles. The molecule has 18 heavy (non-hydrogen) atoms. The molecule has 2 aromatic heterocycles. The number of hydrogen-bond acceptors (Lipinski definition) is 5. The normalized spacial score (nSPS) is 10.3. The second-order valence-electron chi connectivity index (χ2n) is 3.66. The minimum absolute atomic E-state index is 0.103. The maximum absolute atomic E-state index is 11.7. The molecule has 7 heteroatoms. The molecule has 0 saturated heterocycles. The molecular weight excluding hydrogens is 254 g/mol. The molecule has 2 heterocycles. The molecule has 6 nitrogen and oxygen atoms in total. The molecule has 0 fully saturated rings. The lowest BCUT2D eigenvalue weighted by molar-refractivity contribution is -0.116. The predicted octanol–water partition coefficient (Wildman–Crippen LogP) is 0.958. The minimum atomic E-state index is -0.415. The van der Waals surface area contributed by atoms with Gasteiger partial charge >= 0.3 is 0 Å². The van der Waals surface area contributed by atoms with Crippen LogP contribution in [0.15, 0.2) is 28.5 Å². The Balaban J connectivity index is 2.15. The van der Waals surface area contributed by atoms with Crippen LogP contribution in [0.25, 0.3) is 0 Å². The van der Waals surface area contributed by atoms with Gasteiger partial charge in [0.15, 0.2) is 5.13 Å². The number of nitrogens with one attached hydrogen (secondary N) is 1. The van der Waals surface area contributed by atoms with E-state index in [0.29, 0.717) is 10.8 Å². The van der Waals surface area contributed by atoms with Gasteiger partial charge in [-0.25, -0.2) is 4.98 Å². The molecule has 1 amide bonds. The summed E-state index contributed by atoms with van der Waals surface area (Å²) in [6, 6.07) is 2.50. The maximum atomic E-state index is 11.7. The highest BCUT2D eigenvalue weighted by atomic mass is 32.1. The van der Waals surface area contributed by atoms with Gasteiger partial charge in [-0.1, -0.05) is 0 Å². The quantitative estimate of drug-likeness (QED) is 0.865. The summed E-state index contributed by atoms with van der Waals surface area (Å²) in [5, 5.41) is 14.1. The van der Waals surface area contributed by atoms with E-state index in [0.717, 1.165) is 6.07 Å². The van der Waals surface area contributed by atoms with Gasteiger partial charge in [0.1, 0.15) is 12.3 Å². The number of thiazole rings is 1. The molecule has 2 aromatic rings. The number of amides is 1. The van der Waals surface area contributed by atoms with E-state index in [4.69, 9.17) is 0 Å². The van der Waals surface area contributed by atoms with Crippen LogP contribution in [0.3, 0.4) is 0 Å². The van der Waals surface area contributed by atoms with Crippen LogP contribution in [-0.4, -0.2) is 20.6 Å². The van der Waals surface area contributed by atoms with Gasteiger partial charge in [0.2, 0.25) is 5.91 Å². The Morgan fingerprint density at radius 2 is 2.33 bits per heavy atom. The largest absolute Gasteiger partial charge is 0.508 e. The number of aryl methyl sites for hydroxylation is 1. The van der Waals surface area contributed by atoms with Crippen LogP contribution in [0.2, 0.25) is 0 Å². The topological polar surface area (TPSA) is 84.2 Å². The SMILES string of the molecule is Cc1cc(O)cc(=O)n1CC(=O)Nc1nccs1. The van der Waals surface area contributed by atoms with E-state index in [1.165, 1.54) is 22.0 Å². The molecule has 94 valence electrons. The van der Waals surface area contributed by atoms with Gasteiger partial charge in [0.05, 0.1) is 0 Å². The van der Waals surface area contributed by atoms with Crippen molar-refractivity contribution in [2.24, 2.45) is 0 Å². The molecule has 0 radical (unpaired) electrons. The summed E-state index contributed by atoms with van der Waals surface area (Å²) in [5.74, 6) is -0.435. The summed E-state index contributed by atoms with van der Waals surface area (Å²) < 4.78 is 1.28. The van der Waals surface area contributed by atoms with Gasteiger partial charge < -0.3 is 15.0 Å². The fourth-order valence-corrected chi connectivity index (χ4v) is 2.05. The van der Waals surface area contributed by atoms with Gasteiger partial charge in [-0.05, 0) is 13.0 Å². The third-order valence-corrected chi connectivity index (χ3v) is 2.99. The van der Waals surface area contributed by atoms with Crippen LogP contribution >= 0.6 is 11.3 Å². The standard InChI is InChI=1S/C11H11N3O3S/c1-7-4-8(15)5-10(17)14(7)6-9(16)13-11-12-2-3-18-11/h2-5,15H,6H2,1H3,(H,12,13,16). The van der Waals surface area contributed by atoms with Gasteiger partial charge in [-0.3, -0.25) is 9.59 Å². The predicted molar refractivity (Wildman–Crippen MR) is 67.8 cm³/mol. The maximum Gasteiger partial charge on any atom is 0.254 e. The van der Waals surface area contributed by atoms with E-state index in [1.807, 2.05) is 0 Å². The lowest BCUT2D eigenvalue weighted by Gasteiger charge is -2.09. The number of hydrogen-bond donors (Lipinski definition) is 2. The van der Waals surface area contributed by atoms with Gasteiger partial charge in [-0.2, -0.15) is 0 Å². The third kappa shape index (κ3) is 2.75. The molecule has 0 aliphatic rings. The van der Waals surface area contributed by atoms with Crippen LogP contribution in [0.4, 0.5) is 5.13 Å². The van der Waals surface area contributed by atoms with Crippen molar-refractivity contribution >= 4 is 22.4 Å². The van der Waals surface area contributed by atoms with E-state index in [1.54, 1.807) is 18.5 Å². The van der Waals surface area contributed by atoms with Crippen molar-refractivity contribution in [1.82, 2.24) is 9.55 Å². The van der Waals surface area contributed by atoms with Crippen molar-refractivity contribution < 1.29 is 9.90 Å². The average molecular weight is 265 g/mol. The molecule has 0 saturated carbocycles. The Kier molecular flexibility index (Phi) is 3.42. The zero-order chi connectivity index (χ0) is 13.1. The molecule has 0 bridgehead atoms. The first-order chi connectivity index (χ1) is 8.56. The number of aromatic hydroxyl groups is 1. The Bertz CT molecular complexity index is 619. The van der Waals surface area contributed by atoms with Crippen LogP contribution in [0, 0.1) is 6.92 Å². The number of pyridine rings is 1. The van der Waals surface area contributed by atoms with Crippen LogP contribution in [0.1, 0.15) is 5.69 Å². The van der Waals surface area contributed by atoms with Crippen LogP contribution < -0.4 is 10.9 Å². The summed E-state index contributed by atoms with van der Waals surface area (Å²) in [6.07, 6.45) is 1.58. The van der Waals surface area contributed by atoms with E-state index in [2.05, 4.69) is 10.3 Å². The van der Waals surface area contributed by atoms with Gasteiger partial charge in [-0.15, -0.1) is 11.3 Å². The van der Waals surface area contributed by atoms with E-state index in [-0.39, 0.29) is 18.2 Å². The third-order valence-electron chi connectivity index (χ3n) is 2.30. The van der Waals surface area contributed by atoms with E-state index in [9.17, 15) is 14.7 Å². The molecule has 0 aliphatic heterocycles. The Hall–Kier alpha value is -2.15. The summed E-state index contributed by atoms with van der Waals surface area (Å²) >= 11 is 1.30. The molecule has 2 N–H and O–H groups in total. The highest BCUT2D eigenvalue weighted by Crippen LogP contribution is 2.11. The number of carbonyl (C=O) groups is 1. The first-order valence-electron chi connectivity index (χ1n) is 5.16. The molecule has 0 aromatic carbocycles. The first kappa shape index (κ1) is 12.3. The smallest absolute Gasteiger partial charge is 0.254 e.